The molecule has 258 valence electrons. The third-order valence-electron chi connectivity index (χ3n) is 8.50. The van der Waals surface area contributed by atoms with Crippen LogP contribution in [-0.4, -0.2) is 46.1 Å². The summed E-state index contributed by atoms with van der Waals surface area (Å²) < 4.78 is 0. The Morgan fingerprint density at radius 3 is 1.43 bits per heavy atom. The van der Waals surface area contributed by atoms with Crippen LogP contribution in [0.2, 0.25) is 0 Å². The van der Waals surface area contributed by atoms with Crippen LogP contribution in [0.25, 0.3) is 0 Å². The van der Waals surface area contributed by atoms with Gasteiger partial charge in [-0.1, -0.05) is 172 Å². The third-order valence-corrected chi connectivity index (χ3v) is 8.50. The molecule has 0 aliphatic carbocycles. The van der Waals surface area contributed by atoms with E-state index in [9.17, 15) is 20.1 Å². The molecule has 0 bridgehead atoms. The lowest BCUT2D eigenvalue weighted by atomic mass is 10.0. The van der Waals surface area contributed by atoms with Crippen molar-refractivity contribution in [1.29, 1.82) is 0 Å². The van der Waals surface area contributed by atoms with Gasteiger partial charge in [0.25, 0.3) is 0 Å². The maximum Gasteiger partial charge on any atom is 0.249 e. The van der Waals surface area contributed by atoms with Crippen molar-refractivity contribution in [2.45, 2.75) is 199 Å². The quantitative estimate of drug-likeness (QED) is 0.0334. The highest BCUT2D eigenvalue weighted by atomic mass is 16.3. The van der Waals surface area contributed by atoms with E-state index < -0.39 is 24.2 Å². The molecule has 0 aliphatic rings. The van der Waals surface area contributed by atoms with Crippen molar-refractivity contribution in [3.05, 3.63) is 36.5 Å². The molecule has 0 heterocycles. The van der Waals surface area contributed by atoms with Crippen molar-refractivity contribution in [3.8, 4) is 0 Å². The van der Waals surface area contributed by atoms with E-state index in [4.69, 9.17) is 0 Å². The molecule has 0 aromatic heterocycles. The minimum atomic E-state index is -1.11. The number of carbonyl (C=O) groups excluding carboxylic acids is 1. The first-order valence-corrected chi connectivity index (χ1v) is 18.8. The van der Waals surface area contributed by atoms with E-state index in [-0.39, 0.29) is 6.61 Å². The fourth-order valence-electron chi connectivity index (χ4n) is 5.47. The lowest BCUT2D eigenvalue weighted by Crippen LogP contribution is -2.48. The van der Waals surface area contributed by atoms with Crippen LogP contribution in [-0.2, 0) is 4.79 Å². The standard InChI is InChI=1S/C39H73NO4/c1-3-5-7-9-11-13-15-17-19-20-22-23-25-27-29-31-33-37(42)36(35-41)40-39(44)38(43)34-32-30-28-26-24-21-18-16-14-12-10-8-6-4-2/h12,14,16,18,31,33,36-38,41-43H,3-11,13,15,17,19-30,32,34-35H2,1-2H3,(H,40,44)/b14-12-,18-16-,33-31+. The molecule has 0 spiro atoms. The molecule has 0 aromatic carbocycles. The zero-order chi connectivity index (χ0) is 32.4. The summed E-state index contributed by atoms with van der Waals surface area (Å²) >= 11 is 0. The van der Waals surface area contributed by atoms with Crippen LogP contribution in [0, 0.1) is 0 Å². The Hall–Kier alpha value is -1.43. The molecule has 3 unspecified atom stereocenters. The molecule has 0 saturated heterocycles. The van der Waals surface area contributed by atoms with Gasteiger partial charge < -0.3 is 20.6 Å². The Morgan fingerprint density at radius 1 is 0.568 bits per heavy atom. The monoisotopic (exact) mass is 620 g/mol. The van der Waals surface area contributed by atoms with Gasteiger partial charge in [0, 0.05) is 0 Å². The summed E-state index contributed by atoms with van der Waals surface area (Å²) in [6.45, 7) is 4.13. The summed E-state index contributed by atoms with van der Waals surface area (Å²) in [5, 5.41) is 33.0. The second-order valence-corrected chi connectivity index (χ2v) is 12.8. The minimum absolute atomic E-state index is 0.369. The topological polar surface area (TPSA) is 89.8 Å². The number of amides is 1. The smallest absolute Gasteiger partial charge is 0.249 e. The van der Waals surface area contributed by atoms with E-state index in [1.807, 2.05) is 6.08 Å². The van der Waals surface area contributed by atoms with Crippen LogP contribution in [0.4, 0.5) is 0 Å². The zero-order valence-corrected chi connectivity index (χ0v) is 29.0. The Kier molecular flexibility index (Phi) is 33.3. The Labute approximate surface area is 273 Å². The Morgan fingerprint density at radius 2 is 0.955 bits per heavy atom. The van der Waals surface area contributed by atoms with Gasteiger partial charge in [-0.3, -0.25) is 4.79 Å². The minimum Gasteiger partial charge on any atom is -0.394 e. The number of rotatable bonds is 33. The molecule has 0 aliphatic heterocycles. The predicted octanol–water partition coefficient (Wildman–Crippen LogP) is 10.0. The first kappa shape index (κ1) is 42.6. The Bertz CT molecular complexity index is 690. The molecular formula is C39H73NO4. The number of aliphatic hydroxyl groups is 3. The van der Waals surface area contributed by atoms with Gasteiger partial charge in [-0.05, 0) is 44.9 Å². The van der Waals surface area contributed by atoms with Crippen molar-refractivity contribution >= 4 is 5.91 Å². The number of nitrogens with one attached hydrogen (secondary N) is 1. The van der Waals surface area contributed by atoms with Gasteiger partial charge in [0.05, 0.1) is 18.8 Å². The van der Waals surface area contributed by atoms with E-state index in [1.54, 1.807) is 6.08 Å². The van der Waals surface area contributed by atoms with Crippen LogP contribution in [0.1, 0.15) is 181 Å². The van der Waals surface area contributed by atoms with Crippen molar-refractivity contribution in [3.63, 3.8) is 0 Å². The molecule has 0 fully saturated rings. The number of carbonyl (C=O) groups is 1. The first-order valence-electron chi connectivity index (χ1n) is 18.8. The highest BCUT2D eigenvalue weighted by Crippen LogP contribution is 2.14. The summed E-state index contributed by atoms with van der Waals surface area (Å²) in [6, 6.07) is -0.802. The van der Waals surface area contributed by atoms with Crippen LogP contribution in [0.5, 0.6) is 0 Å². The van der Waals surface area contributed by atoms with Crippen molar-refractivity contribution < 1.29 is 20.1 Å². The average Bonchev–Trinajstić information content (AvgIpc) is 3.03. The Balaban J connectivity index is 3.78. The zero-order valence-electron chi connectivity index (χ0n) is 29.0. The van der Waals surface area contributed by atoms with Gasteiger partial charge in [0.15, 0.2) is 0 Å². The summed E-state index contributed by atoms with van der Waals surface area (Å²) in [4.78, 5) is 12.4. The van der Waals surface area contributed by atoms with Crippen molar-refractivity contribution in [2.24, 2.45) is 0 Å². The second-order valence-electron chi connectivity index (χ2n) is 12.8. The van der Waals surface area contributed by atoms with E-state index in [0.29, 0.717) is 6.42 Å². The van der Waals surface area contributed by atoms with Crippen LogP contribution in [0.3, 0.4) is 0 Å². The molecular weight excluding hydrogens is 546 g/mol. The highest BCUT2D eigenvalue weighted by Gasteiger charge is 2.22. The highest BCUT2D eigenvalue weighted by molar-refractivity contribution is 5.80. The number of unbranched alkanes of at least 4 members (excludes halogenated alkanes) is 22. The van der Waals surface area contributed by atoms with Gasteiger partial charge in [-0.15, -0.1) is 0 Å². The van der Waals surface area contributed by atoms with Crippen LogP contribution >= 0.6 is 0 Å². The molecule has 0 saturated carbocycles. The molecule has 5 nitrogen and oxygen atoms in total. The molecule has 44 heavy (non-hydrogen) atoms. The third kappa shape index (κ3) is 29.3. The summed E-state index contributed by atoms with van der Waals surface area (Å²) in [7, 11) is 0. The average molecular weight is 620 g/mol. The van der Waals surface area contributed by atoms with Crippen LogP contribution in [0.15, 0.2) is 36.5 Å². The summed E-state index contributed by atoms with van der Waals surface area (Å²) in [5.41, 5.74) is 0. The fraction of sp³-hybridized carbons (Fsp3) is 0.821. The molecule has 3 atom stereocenters. The van der Waals surface area contributed by atoms with Gasteiger partial charge in [-0.2, -0.15) is 0 Å². The number of allylic oxidation sites excluding steroid dienone is 5. The number of hydrogen-bond acceptors (Lipinski definition) is 4. The van der Waals surface area contributed by atoms with Crippen LogP contribution < -0.4 is 5.32 Å². The molecule has 0 rings (SSSR count). The largest absolute Gasteiger partial charge is 0.394 e. The van der Waals surface area contributed by atoms with E-state index in [0.717, 1.165) is 51.4 Å². The number of hydrogen-bond donors (Lipinski definition) is 4. The number of aliphatic hydroxyl groups excluding tert-OH is 3. The first-order chi connectivity index (χ1) is 21.6. The maximum atomic E-state index is 12.4. The normalized spacial score (nSPS) is 14.2. The maximum absolute atomic E-state index is 12.4. The van der Waals surface area contributed by atoms with Gasteiger partial charge >= 0.3 is 0 Å². The molecule has 1 amide bonds. The summed E-state index contributed by atoms with van der Waals surface area (Å²) in [5.74, 6) is -0.517. The van der Waals surface area contributed by atoms with Gasteiger partial charge in [-0.25, -0.2) is 0 Å². The molecule has 5 heteroatoms. The van der Waals surface area contributed by atoms with E-state index in [2.05, 4.69) is 43.5 Å². The summed E-state index contributed by atoms with van der Waals surface area (Å²) in [6.07, 6.45) is 41.5. The van der Waals surface area contributed by atoms with Crippen molar-refractivity contribution in [2.75, 3.05) is 6.61 Å². The van der Waals surface area contributed by atoms with E-state index >= 15 is 0 Å². The second kappa shape index (κ2) is 34.4. The molecule has 4 N–H and O–H groups in total. The molecule has 0 radical (unpaired) electrons. The van der Waals surface area contributed by atoms with Crippen molar-refractivity contribution in [1.82, 2.24) is 5.32 Å². The molecule has 0 aromatic rings. The van der Waals surface area contributed by atoms with Gasteiger partial charge in [0.1, 0.15) is 6.10 Å². The predicted molar refractivity (Wildman–Crippen MR) is 190 cm³/mol. The SMILES string of the molecule is CCCCC/C=C\C=C/CCCCCCCC(O)C(=O)NC(CO)C(O)/C=C/CCCCCCCCCCCCCCCC. The van der Waals surface area contributed by atoms with Gasteiger partial charge in [0.2, 0.25) is 5.91 Å². The van der Waals surface area contributed by atoms with E-state index in [1.165, 1.54) is 109 Å². The lowest BCUT2D eigenvalue weighted by Gasteiger charge is -2.21. The lowest BCUT2D eigenvalue weighted by molar-refractivity contribution is -0.131. The fourth-order valence-corrected chi connectivity index (χ4v) is 5.47.